The van der Waals surface area contributed by atoms with E-state index in [4.69, 9.17) is 10.5 Å². The van der Waals surface area contributed by atoms with Gasteiger partial charge in [0, 0.05) is 12.1 Å². The van der Waals surface area contributed by atoms with Gasteiger partial charge in [-0.25, -0.2) is 0 Å². The van der Waals surface area contributed by atoms with Crippen molar-refractivity contribution in [3.05, 3.63) is 29.8 Å². The van der Waals surface area contributed by atoms with Crippen molar-refractivity contribution in [2.24, 2.45) is 5.73 Å². The third kappa shape index (κ3) is 3.23. The van der Waals surface area contributed by atoms with Gasteiger partial charge in [0.05, 0.1) is 19.6 Å². The minimum atomic E-state index is -0.748. The number of carbonyl (C=O) groups excluding carboxylic acids is 2. The van der Waals surface area contributed by atoms with Gasteiger partial charge in [0.25, 0.3) is 0 Å². The number of primary amides is 1. The van der Waals surface area contributed by atoms with Crippen LogP contribution in [0.15, 0.2) is 24.3 Å². The molecular formula is C13H16N2O4. The van der Waals surface area contributed by atoms with Crippen LogP contribution < -0.4 is 5.73 Å². The lowest BCUT2D eigenvalue weighted by atomic mass is 10.1. The number of nitrogens with two attached hydrogens (primary N) is 1. The molecule has 0 aliphatic carbocycles. The molecule has 6 heteroatoms. The van der Waals surface area contributed by atoms with Crippen LogP contribution in [-0.4, -0.2) is 47.6 Å². The fourth-order valence-electron chi connectivity index (χ4n) is 1.98. The lowest BCUT2D eigenvalue weighted by Gasteiger charge is -2.31. The molecule has 1 aliphatic heterocycles. The zero-order valence-electron chi connectivity index (χ0n) is 10.4. The molecule has 2 rings (SSSR count). The van der Waals surface area contributed by atoms with E-state index in [9.17, 15) is 14.7 Å². The predicted octanol–water partition coefficient (Wildman–Crippen LogP) is -0.353. The second kappa shape index (κ2) is 5.71. The Labute approximate surface area is 110 Å². The number of carbonyl (C=O) groups is 2. The first-order valence-corrected chi connectivity index (χ1v) is 6.03. The number of phenolic OH excluding ortho intramolecular Hbond substituents is 1. The van der Waals surface area contributed by atoms with Gasteiger partial charge in [-0.2, -0.15) is 0 Å². The van der Waals surface area contributed by atoms with Crippen LogP contribution in [0, 0.1) is 0 Å². The Hall–Kier alpha value is -2.08. The molecule has 1 saturated heterocycles. The maximum absolute atomic E-state index is 12.1. The van der Waals surface area contributed by atoms with Crippen LogP contribution in [0.2, 0.25) is 0 Å². The minimum Gasteiger partial charge on any atom is -0.508 e. The molecule has 0 saturated carbocycles. The number of benzene rings is 1. The highest BCUT2D eigenvalue weighted by atomic mass is 16.5. The van der Waals surface area contributed by atoms with Crippen LogP contribution in [-0.2, 0) is 20.7 Å². The summed E-state index contributed by atoms with van der Waals surface area (Å²) in [6, 6.07) is 6.68. The standard InChI is InChI=1S/C13H16N2O4/c14-13(18)11-8-15(5-6-19-11)12(17)7-9-3-1-2-4-10(9)16/h1-4,11,16H,5-8H2,(H2,14,18)/t11-/m0/s1. The van der Waals surface area contributed by atoms with Crippen molar-refractivity contribution in [1.29, 1.82) is 0 Å². The van der Waals surface area contributed by atoms with E-state index in [1.165, 1.54) is 11.0 Å². The van der Waals surface area contributed by atoms with E-state index in [1.807, 2.05) is 0 Å². The molecule has 6 nitrogen and oxygen atoms in total. The minimum absolute atomic E-state index is 0.0931. The van der Waals surface area contributed by atoms with E-state index in [1.54, 1.807) is 18.2 Å². The summed E-state index contributed by atoms with van der Waals surface area (Å²) in [7, 11) is 0. The van der Waals surface area contributed by atoms with E-state index >= 15 is 0 Å². The molecule has 1 fully saturated rings. The van der Waals surface area contributed by atoms with Gasteiger partial charge < -0.3 is 20.5 Å². The Balaban J connectivity index is 2.00. The Kier molecular flexibility index (Phi) is 4.01. The molecule has 0 spiro atoms. The number of aromatic hydroxyl groups is 1. The van der Waals surface area contributed by atoms with Crippen molar-refractivity contribution >= 4 is 11.8 Å². The Bertz CT molecular complexity index is 489. The number of phenols is 1. The highest BCUT2D eigenvalue weighted by molar-refractivity contribution is 5.82. The van der Waals surface area contributed by atoms with Gasteiger partial charge in [0.15, 0.2) is 6.10 Å². The van der Waals surface area contributed by atoms with Gasteiger partial charge >= 0.3 is 0 Å². The van der Waals surface area contributed by atoms with Crippen molar-refractivity contribution in [2.75, 3.05) is 19.7 Å². The smallest absolute Gasteiger partial charge is 0.248 e. The maximum Gasteiger partial charge on any atom is 0.248 e. The van der Waals surface area contributed by atoms with E-state index < -0.39 is 12.0 Å². The Morgan fingerprint density at radius 1 is 1.42 bits per heavy atom. The molecule has 1 aromatic rings. The fraction of sp³-hybridized carbons (Fsp3) is 0.385. The number of amides is 2. The summed E-state index contributed by atoms with van der Waals surface area (Å²) in [5.74, 6) is -0.633. The Morgan fingerprint density at radius 3 is 2.84 bits per heavy atom. The number of hydrogen-bond acceptors (Lipinski definition) is 4. The molecule has 1 heterocycles. The molecule has 0 radical (unpaired) electrons. The van der Waals surface area contributed by atoms with Crippen molar-refractivity contribution in [3.63, 3.8) is 0 Å². The molecule has 19 heavy (non-hydrogen) atoms. The molecule has 0 bridgehead atoms. The molecule has 1 aromatic carbocycles. The normalized spacial score (nSPS) is 19.2. The van der Waals surface area contributed by atoms with Crippen LogP contribution in [0.4, 0.5) is 0 Å². The zero-order valence-corrected chi connectivity index (χ0v) is 10.4. The van der Waals surface area contributed by atoms with E-state index in [0.717, 1.165) is 0 Å². The fourth-order valence-corrected chi connectivity index (χ4v) is 1.98. The topological polar surface area (TPSA) is 92.9 Å². The summed E-state index contributed by atoms with van der Waals surface area (Å²) in [6.07, 6.45) is -0.653. The van der Waals surface area contributed by atoms with Crippen molar-refractivity contribution in [3.8, 4) is 5.75 Å². The quantitative estimate of drug-likeness (QED) is 0.780. The highest BCUT2D eigenvalue weighted by Gasteiger charge is 2.27. The van der Waals surface area contributed by atoms with Crippen LogP contribution >= 0.6 is 0 Å². The summed E-state index contributed by atoms with van der Waals surface area (Å²) in [6.45, 7) is 0.887. The van der Waals surface area contributed by atoms with Gasteiger partial charge in [-0.15, -0.1) is 0 Å². The summed E-state index contributed by atoms with van der Waals surface area (Å²) in [5, 5.41) is 9.63. The molecule has 0 unspecified atom stereocenters. The van der Waals surface area contributed by atoms with Crippen molar-refractivity contribution in [2.45, 2.75) is 12.5 Å². The zero-order chi connectivity index (χ0) is 13.8. The van der Waals surface area contributed by atoms with E-state index in [2.05, 4.69) is 0 Å². The summed E-state index contributed by atoms with van der Waals surface area (Å²) in [5.41, 5.74) is 5.73. The molecule has 3 N–H and O–H groups in total. The van der Waals surface area contributed by atoms with Gasteiger partial charge in [0.1, 0.15) is 5.75 Å². The molecule has 2 amide bonds. The third-order valence-corrected chi connectivity index (χ3v) is 3.07. The van der Waals surface area contributed by atoms with Gasteiger partial charge in [-0.1, -0.05) is 18.2 Å². The highest BCUT2D eigenvalue weighted by Crippen LogP contribution is 2.17. The van der Waals surface area contributed by atoms with Crippen LogP contribution in [0.3, 0.4) is 0 Å². The number of para-hydroxylation sites is 1. The average molecular weight is 264 g/mol. The van der Waals surface area contributed by atoms with Crippen LogP contribution in [0.25, 0.3) is 0 Å². The van der Waals surface area contributed by atoms with Crippen LogP contribution in [0.1, 0.15) is 5.56 Å². The number of hydrogen-bond donors (Lipinski definition) is 2. The largest absolute Gasteiger partial charge is 0.508 e. The number of ether oxygens (including phenoxy) is 1. The third-order valence-electron chi connectivity index (χ3n) is 3.07. The molecule has 0 aromatic heterocycles. The average Bonchev–Trinajstić information content (AvgIpc) is 2.41. The van der Waals surface area contributed by atoms with Gasteiger partial charge in [-0.05, 0) is 6.07 Å². The lowest BCUT2D eigenvalue weighted by Crippen LogP contribution is -2.50. The molecule has 102 valence electrons. The monoisotopic (exact) mass is 264 g/mol. The van der Waals surface area contributed by atoms with E-state index in [-0.39, 0.29) is 24.6 Å². The van der Waals surface area contributed by atoms with Gasteiger partial charge in [0.2, 0.25) is 11.8 Å². The van der Waals surface area contributed by atoms with Crippen molar-refractivity contribution < 1.29 is 19.4 Å². The summed E-state index contributed by atoms with van der Waals surface area (Å²) >= 11 is 0. The lowest BCUT2D eigenvalue weighted by molar-refractivity contribution is -0.145. The molecule has 1 atom stereocenters. The number of morpholine rings is 1. The van der Waals surface area contributed by atoms with Crippen molar-refractivity contribution in [1.82, 2.24) is 4.90 Å². The number of rotatable bonds is 3. The molecular weight excluding hydrogens is 248 g/mol. The predicted molar refractivity (Wildman–Crippen MR) is 67.3 cm³/mol. The first kappa shape index (κ1) is 13.4. The van der Waals surface area contributed by atoms with Gasteiger partial charge in [-0.3, -0.25) is 9.59 Å². The van der Waals surface area contributed by atoms with E-state index in [0.29, 0.717) is 18.7 Å². The second-order valence-corrected chi connectivity index (χ2v) is 4.41. The Morgan fingerprint density at radius 2 is 2.16 bits per heavy atom. The molecule has 1 aliphatic rings. The number of nitrogens with zero attached hydrogens (tertiary/aromatic N) is 1. The first-order chi connectivity index (χ1) is 9.08. The SMILES string of the molecule is NC(=O)[C@@H]1CN(C(=O)Cc2ccccc2O)CCO1. The second-order valence-electron chi connectivity index (χ2n) is 4.41. The maximum atomic E-state index is 12.1. The first-order valence-electron chi connectivity index (χ1n) is 6.03. The van der Waals surface area contributed by atoms with Crippen LogP contribution in [0.5, 0.6) is 5.75 Å². The summed E-state index contributed by atoms with van der Waals surface area (Å²) < 4.78 is 5.18. The summed E-state index contributed by atoms with van der Waals surface area (Å²) in [4.78, 5) is 24.7.